The third-order valence-electron chi connectivity index (χ3n) is 5.18. The minimum absolute atomic E-state index is 0.138. The number of hydrogen-bond donors (Lipinski definition) is 3. The third-order valence-corrected chi connectivity index (χ3v) is 5.18. The van der Waals surface area contributed by atoms with Crippen LogP contribution in [0.25, 0.3) is 0 Å². The van der Waals surface area contributed by atoms with Crippen LogP contribution in [-0.4, -0.2) is 23.6 Å². The standard InChI is InChI=1S/C25H23N3O3/c29-22-16-21(15-17-7-3-1-4-8-17)28-25(31)23(22)24(30)27-20-13-11-19(12-14-20)26-18-9-5-2-6-10-18/h1-14,21,23,26H,15-16H2,(H,27,30)(H,28,31). The lowest BCUT2D eigenvalue weighted by molar-refractivity contribution is -0.143. The highest BCUT2D eigenvalue weighted by atomic mass is 16.2. The summed E-state index contributed by atoms with van der Waals surface area (Å²) in [5.74, 6) is -2.83. The summed E-state index contributed by atoms with van der Waals surface area (Å²) in [5, 5.41) is 8.75. The Hall–Kier alpha value is -3.93. The van der Waals surface area contributed by atoms with Crippen molar-refractivity contribution in [2.45, 2.75) is 18.9 Å². The zero-order valence-corrected chi connectivity index (χ0v) is 16.9. The van der Waals surface area contributed by atoms with Gasteiger partial charge in [0.2, 0.25) is 11.8 Å². The molecular weight excluding hydrogens is 390 g/mol. The molecule has 0 radical (unpaired) electrons. The van der Waals surface area contributed by atoms with Gasteiger partial charge >= 0.3 is 0 Å². The van der Waals surface area contributed by atoms with Gasteiger partial charge in [0, 0.05) is 29.5 Å². The summed E-state index contributed by atoms with van der Waals surface area (Å²) in [6.45, 7) is 0. The summed E-state index contributed by atoms with van der Waals surface area (Å²) in [4.78, 5) is 37.7. The van der Waals surface area contributed by atoms with E-state index in [1.807, 2.05) is 72.8 Å². The van der Waals surface area contributed by atoms with E-state index in [4.69, 9.17) is 0 Å². The van der Waals surface area contributed by atoms with Gasteiger partial charge in [0.25, 0.3) is 0 Å². The molecule has 0 bridgehead atoms. The molecule has 1 saturated heterocycles. The van der Waals surface area contributed by atoms with Crippen LogP contribution in [-0.2, 0) is 20.8 Å². The number of nitrogens with one attached hydrogen (secondary N) is 3. The molecule has 4 rings (SSSR count). The van der Waals surface area contributed by atoms with E-state index in [0.29, 0.717) is 12.1 Å². The lowest BCUT2D eigenvalue weighted by Gasteiger charge is -2.27. The van der Waals surface area contributed by atoms with E-state index in [-0.39, 0.29) is 18.2 Å². The van der Waals surface area contributed by atoms with Crippen LogP contribution in [0.1, 0.15) is 12.0 Å². The number of para-hydroxylation sites is 1. The molecule has 0 aromatic heterocycles. The second-order valence-electron chi connectivity index (χ2n) is 7.56. The normalized spacial score (nSPS) is 18.2. The van der Waals surface area contributed by atoms with E-state index in [0.717, 1.165) is 16.9 Å². The van der Waals surface area contributed by atoms with Gasteiger partial charge in [-0.15, -0.1) is 0 Å². The fourth-order valence-corrected chi connectivity index (χ4v) is 3.67. The van der Waals surface area contributed by atoms with Crippen LogP contribution in [0, 0.1) is 5.92 Å². The number of carbonyl (C=O) groups is 3. The Balaban J connectivity index is 1.35. The van der Waals surface area contributed by atoms with E-state index >= 15 is 0 Å². The van der Waals surface area contributed by atoms with Crippen molar-refractivity contribution in [3.05, 3.63) is 90.5 Å². The van der Waals surface area contributed by atoms with E-state index in [1.165, 1.54) is 0 Å². The number of Topliss-reactive ketones (excluding diaryl/α,β-unsaturated/α-hetero) is 1. The minimum Gasteiger partial charge on any atom is -0.356 e. The molecule has 2 unspecified atom stereocenters. The molecule has 1 fully saturated rings. The van der Waals surface area contributed by atoms with Crippen LogP contribution >= 0.6 is 0 Å². The largest absolute Gasteiger partial charge is 0.356 e. The first kappa shape index (κ1) is 20.3. The van der Waals surface area contributed by atoms with Crippen molar-refractivity contribution < 1.29 is 14.4 Å². The lowest BCUT2D eigenvalue weighted by atomic mass is 9.89. The van der Waals surface area contributed by atoms with Crippen LogP contribution < -0.4 is 16.0 Å². The lowest BCUT2D eigenvalue weighted by Crippen LogP contribution is -2.53. The number of carbonyl (C=O) groups excluding carboxylic acids is 3. The molecule has 0 aliphatic carbocycles. The quantitative estimate of drug-likeness (QED) is 0.538. The number of rotatable bonds is 6. The highest BCUT2D eigenvalue weighted by molar-refractivity contribution is 6.22. The van der Waals surface area contributed by atoms with Crippen molar-refractivity contribution in [3.63, 3.8) is 0 Å². The molecular formula is C25H23N3O3. The number of anilines is 3. The second-order valence-corrected chi connectivity index (χ2v) is 7.56. The fraction of sp³-hybridized carbons (Fsp3) is 0.160. The Morgan fingerprint density at radius 2 is 1.39 bits per heavy atom. The Morgan fingerprint density at radius 1 is 0.806 bits per heavy atom. The molecule has 3 N–H and O–H groups in total. The van der Waals surface area contributed by atoms with Gasteiger partial charge in [0.15, 0.2) is 11.7 Å². The second kappa shape index (κ2) is 9.26. The third kappa shape index (κ3) is 5.17. The molecule has 2 amide bonds. The molecule has 1 aliphatic rings. The SMILES string of the molecule is O=C1CC(Cc2ccccc2)NC(=O)C1C(=O)Nc1ccc(Nc2ccccc2)cc1. The minimum atomic E-state index is -1.32. The number of benzene rings is 3. The van der Waals surface area contributed by atoms with Gasteiger partial charge in [0.1, 0.15) is 0 Å². The molecule has 0 spiro atoms. The van der Waals surface area contributed by atoms with Crippen LogP contribution in [0.2, 0.25) is 0 Å². The van der Waals surface area contributed by atoms with Crippen LogP contribution in [0.3, 0.4) is 0 Å². The molecule has 156 valence electrons. The van der Waals surface area contributed by atoms with Crippen molar-refractivity contribution in [2.75, 3.05) is 10.6 Å². The predicted octanol–water partition coefficient (Wildman–Crippen LogP) is 3.69. The molecule has 2 atom stereocenters. The van der Waals surface area contributed by atoms with Crippen LogP contribution in [0.4, 0.5) is 17.1 Å². The van der Waals surface area contributed by atoms with Crippen molar-refractivity contribution in [2.24, 2.45) is 5.92 Å². The summed E-state index contributed by atoms with van der Waals surface area (Å²) in [6, 6.07) is 26.2. The Kier molecular flexibility index (Phi) is 6.08. The molecule has 3 aromatic rings. The van der Waals surface area contributed by atoms with Crippen molar-refractivity contribution in [1.82, 2.24) is 5.32 Å². The number of ketones is 1. The summed E-state index contributed by atoms with van der Waals surface area (Å²) < 4.78 is 0. The number of amides is 2. The van der Waals surface area contributed by atoms with Gasteiger partial charge < -0.3 is 16.0 Å². The van der Waals surface area contributed by atoms with E-state index < -0.39 is 17.7 Å². The van der Waals surface area contributed by atoms with E-state index in [1.54, 1.807) is 12.1 Å². The van der Waals surface area contributed by atoms with Gasteiger partial charge in [-0.1, -0.05) is 48.5 Å². The van der Waals surface area contributed by atoms with Gasteiger partial charge in [-0.05, 0) is 48.4 Å². The Labute approximate surface area is 180 Å². The van der Waals surface area contributed by atoms with E-state index in [9.17, 15) is 14.4 Å². The first-order valence-electron chi connectivity index (χ1n) is 10.2. The monoisotopic (exact) mass is 413 g/mol. The molecule has 6 nitrogen and oxygen atoms in total. The van der Waals surface area contributed by atoms with E-state index in [2.05, 4.69) is 16.0 Å². The first-order chi connectivity index (χ1) is 15.1. The zero-order chi connectivity index (χ0) is 21.6. The Bertz CT molecular complexity index is 1050. The number of piperidine rings is 1. The topological polar surface area (TPSA) is 87.3 Å². The van der Waals surface area contributed by atoms with Crippen LogP contribution in [0.5, 0.6) is 0 Å². The molecule has 1 heterocycles. The van der Waals surface area contributed by atoms with Crippen molar-refractivity contribution >= 4 is 34.7 Å². The van der Waals surface area contributed by atoms with Gasteiger partial charge in [0.05, 0.1) is 0 Å². The zero-order valence-electron chi connectivity index (χ0n) is 16.9. The summed E-state index contributed by atoms with van der Waals surface area (Å²) in [7, 11) is 0. The van der Waals surface area contributed by atoms with Gasteiger partial charge in [-0.3, -0.25) is 14.4 Å². The Morgan fingerprint density at radius 3 is 2.03 bits per heavy atom. The molecule has 3 aromatic carbocycles. The summed E-state index contributed by atoms with van der Waals surface area (Å²) in [6.07, 6.45) is 0.696. The maximum absolute atomic E-state index is 12.6. The highest BCUT2D eigenvalue weighted by Gasteiger charge is 2.40. The molecule has 1 aliphatic heterocycles. The average Bonchev–Trinajstić information content (AvgIpc) is 2.76. The maximum atomic E-state index is 12.6. The molecule has 0 saturated carbocycles. The number of hydrogen-bond acceptors (Lipinski definition) is 4. The fourth-order valence-electron chi connectivity index (χ4n) is 3.67. The van der Waals surface area contributed by atoms with Crippen LogP contribution in [0.15, 0.2) is 84.9 Å². The first-order valence-corrected chi connectivity index (χ1v) is 10.2. The summed E-state index contributed by atoms with van der Waals surface area (Å²) in [5.41, 5.74) is 3.37. The van der Waals surface area contributed by atoms with Gasteiger partial charge in [-0.2, -0.15) is 0 Å². The summed E-state index contributed by atoms with van der Waals surface area (Å²) >= 11 is 0. The van der Waals surface area contributed by atoms with Gasteiger partial charge in [-0.25, -0.2) is 0 Å². The highest BCUT2D eigenvalue weighted by Crippen LogP contribution is 2.21. The van der Waals surface area contributed by atoms with Crippen molar-refractivity contribution in [1.29, 1.82) is 0 Å². The molecule has 31 heavy (non-hydrogen) atoms. The maximum Gasteiger partial charge on any atom is 0.244 e. The van der Waals surface area contributed by atoms with Crippen molar-refractivity contribution in [3.8, 4) is 0 Å². The molecule has 6 heteroatoms. The predicted molar refractivity (Wildman–Crippen MR) is 120 cm³/mol. The smallest absolute Gasteiger partial charge is 0.244 e. The average molecular weight is 413 g/mol.